The van der Waals surface area contributed by atoms with Crippen LogP contribution < -0.4 is 0 Å². The van der Waals surface area contributed by atoms with Gasteiger partial charge in [-0.25, -0.2) is 0 Å². The smallest absolute Gasteiger partial charge is 0.144 e. The minimum Gasteiger partial charge on any atom is -0.591 e. The first-order chi connectivity index (χ1) is 7.30. The molecule has 1 unspecified atom stereocenters. The van der Waals surface area contributed by atoms with Gasteiger partial charge in [-0.2, -0.15) is 0 Å². The van der Waals surface area contributed by atoms with Crippen LogP contribution in [0.15, 0.2) is 27.1 Å². The Hall–Kier alpha value is -0.0300. The van der Waals surface area contributed by atoms with Crippen molar-refractivity contribution in [2.45, 2.75) is 25.5 Å². The van der Waals surface area contributed by atoms with Gasteiger partial charge in [-0.05, 0) is 32.9 Å². The molecule has 0 spiro atoms. The zero-order valence-electron chi connectivity index (χ0n) is 9.33. The van der Waals surface area contributed by atoms with Gasteiger partial charge < -0.3 is 4.55 Å². The van der Waals surface area contributed by atoms with Crippen LogP contribution in [-0.4, -0.2) is 15.5 Å². The molecule has 0 heterocycles. The second-order valence-electron chi connectivity index (χ2n) is 4.26. The van der Waals surface area contributed by atoms with Gasteiger partial charge in [-0.1, -0.05) is 38.0 Å². The van der Waals surface area contributed by atoms with Crippen LogP contribution in [0.25, 0.3) is 0 Å². The second kappa shape index (κ2) is 5.54. The van der Waals surface area contributed by atoms with Crippen LogP contribution in [0.2, 0.25) is 5.02 Å². The molecule has 0 bridgehead atoms. The Balaban J connectivity index is 2.85. The number of nitrogens with zero attached hydrogens (tertiary/aromatic N) is 1. The first-order valence-electron chi connectivity index (χ1n) is 4.72. The minimum atomic E-state index is -1.24. The maximum absolute atomic E-state index is 11.7. The zero-order chi connectivity index (χ0) is 12.3. The lowest BCUT2D eigenvalue weighted by molar-refractivity contribution is 0.562. The van der Waals surface area contributed by atoms with E-state index < -0.39 is 11.4 Å². The molecule has 1 aromatic rings. The molecule has 0 saturated heterocycles. The molecule has 1 rings (SSSR count). The van der Waals surface area contributed by atoms with Crippen molar-refractivity contribution in [2.75, 3.05) is 0 Å². The summed E-state index contributed by atoms with van der Waals surface area (Å²) in [7, 11) is 0. The average molecular weight is 323 g/mol. The molecular formula is C11H13BrClNOS. The van der Waals surface area contributed by atoms with Crippen LogP contribution >= 0.6 is 27.5 Å². The topological polar surface area (TPSA) is 35.4 Å². The SMILES string of the molecule is CC(C)(C)[S+]([O-])N=Cc1ccc(Cl)cc1Br. The first kappa shape index (κ1) is 14.0. The number of hydrogen-bond acceptors (Lipinski definition) is 2. The predicted molar refractivity (Wildman–Crippen MR) is 74.6 cm³/mol. The highest BCUT2D eigenvalue weighted by atomic mass is 79.9. The standard InChI is InChI=1S/C11H13BrClNOS/c1-11(2,3)16(15)14-7-8-4-5-9(13)6-10(8)12/h4-7H,1-3H3. The molecule has 0 radical (unpaired) electrons. The first-order valence-corrected chi connectivity index (χ1v) is 6.99. The number of rotatable bonds is 2. The Labute approximate surface area is 113 Å². The fourth-order valence-electron chi connectivity index (χ4n) is 0.869. The maximum Gasteiger partial charge on any atom is 0.144 e. The summed E-state index contributed by atoms with van der Waals surface area (Å²) in [6.45, 7) is 5.66. The van der Waals surface area contributed by atoms with Crippen molar-refractivity contribution in [3.8, 4) is 0 Å². The fraction of sp³-hybridized carbons (Fsp3) is 0.364. The third-order valence-electron chi connectivity index (χ3n) is 1.77. The van der Waals surface area contributed by atoms with E-state index in [0.29, 0.717) is 5.02 Å². The molecule has 1 atom stereocenters. The van der Waals surface area contributed by atoms with Crippen LogP contribution in [-0.2, 0) is 11.4 Å². The number of benzene rings is 1. The lowest BCUT2D eigenvalue weighted by atomic mass is 10.2. The van der Waals surface area contributed by atoms with Gasteiger partial charge in [0.2, 0.25) is 0 Å². The summed E-state index contributed by atoms with van der Waals surface area (Å²) in [6.07, 6.45) is 1.60. The van der Waals surface area contributed by atoms with Crippen LogP contribution in [0.4, 0.5) is 0 Å². The molecule has 0 amide bonds. The van der Waals surface area contributed by atoms with E-state index in [1.54, 1.807) is 18.3 Å². The van der Waals surface area contributed by atoms with Gasteiger partial charge in [0.25, 0.3) is 0 Å². The molecule has 0 aliphatic carbocycles. The average Bonchev–Trinajstić information content (AvgIpc) is 2.14. The van der Waals surface area contributed by atoms with Crippen molar-refractivity contribution in [1.29, 1.82) is 0 Å². The summed E-state index contributed by atoms with van der Waals surface area (Å²) in [4.78, 5) is 0. The van der Waals surface area contributed by atoms with E-state index in [4.69, 9.17) is 11.6 Å². The summed E-state index contributed by atoms with van der Waals surface area (Å²) >= 11 is 7.95. The summed E-state index contributed by atoms with van der Waals surface area (Å²) in [5, 5.41) is 0.654. The molecule has 0 aliphatic heterocycles. The highest BCUT2D eigenvalue weighted by molar-refractivity contribution is 9.10. The van der Waals surface area contributed by atoms with Crippen molar-refractivity contribution in [2.24, 2.45) is 4.40 Å². The van der Waals surface area contributed by atoms with Crippen LogP contribution in [0.5, 0.6) is 0 Å². The number of halogens is 2. The minimum absolute atomic E-state index is 0.338. The van der Waals surface area contributed by atoms with Crippen molar-refractivity contribution in [3.05, 3.63) is 33.3 Å². The third kappa shape index (κ3) is 4.09. The summed E-state index contributed by atoms with van der Waals surface area (Å²) in [5.41, 5.74) is 0.863. The Kier molecular flexibility index (Phi) is 4.86. The molecule has 88 valence electrons. The van der Waals surface area contributed by atoms with E-state index in [1.807, 2.05) is 26.8 Å². The van der Waals surface area contributed by atoms with E-state index in [9.17, 15) is 4.55 Å². The summed E-state index contributed by atoms with van der Waals surface area (Å²) in [5.74, 6) is 0. The third-order valence-corrected chi connectivity index (χ3v) is 4.04. The van der Waals surface area contributed by atoms with Crippen LogP contribution in [0, 0.1) is 0 Å². The molecule has 1 aromatic carbocycles. The Morgan fingerprint density at radius 1 is 1.44 bits per heavy atom. The Morgan fingerprint density at radius 2 is 2.06 bits per heavy atom. The molecule has 16 heavy (non-hydrogen) atoms. The van der Waals surface area contributed by atoms with Gasteiger partial charge in [0.15, 0.2) is 0 Å². The molecule has 2 nitrogen and oxygen atoms in total. The van der Waals surface area contributed by atoms with Gasteiger partial charge in [0.05, 0.1) is 6.21 Å². The summed E-state index contributed by atoms with van der Waals surface area (Å²) < 4.78 is 16.2. The van der Waals surface area contributed by atoms with Crippen LogP contribution in [0.1, 0.15) is 26.3 Å². The zero-order valence-corrected chi connectivity index (χ0v) is 12.5. The lowest BCUT2D eigenvalue weighted by Crippen LogP contribution is -2.25. The Morgan fingerprint density at radius 3 is 2.56 bits per heavy atom. The molecular weight excluding hydrogens is 310 g/mol. The van der Waals surface area contributed by atoms with E-state index >= 15 is 0 Å². The number of hydrogen-bond donors (Lipinski definition) is 0. The Bertz CT molecular complexity index is 403. The van der Waals surface area contributed by atoms with Crippen molar-refractivity contribution in [1.82, 2.24) is 0 Å². The highest BCUT2D eigenvalue weighted by Crippen LogP contribution is 2.21. The molecule has 0 N–H and O–H groups in total. The molecule has 0 fully saturated rings. The van der Waals surface area contributed by atoms with Gasteiger partial charge >= 0.3 is 0 Å². The van der Waals surface area contributed by atoms with Gasteiger partial charge in [-0.15, -0.1) is 0 Å². The quantitative estimate of drug-likeness (QED) is 0.599. The lowest BCUT2D eigenvalue weighted by Gasteiger charge is -2.17. The molecule has 0 saturated carbocycles. The highest BCUT2D eigenvalue weighted by Gasteiger charge is 2.25. The van der Waals surface area contributed by atoms with E-state index in [-0.39, 0.29) is 4.75 Å². The maximum atomic E-state index is 11.7. The summed E-state index contributed by atoms with van der Waals surface area (Å²) in [6, 6.07) is 5.38. The van der Waals surface area contributed by atoms with E-state index in [0.717, 1.165) is 10.0 Å². The normalized spacial score (nSPS) is 14.4. The second-order valence-corrected chi connectivity index (χ2v) is 7.49. The molecule has 5 heteroatoms. The predicted octanol–water partition coefficient (Wildman–Crippen LogP) is 3.98. The van der Waals surface area contributed by atoms with Gasteiger partial charge in [0, 0.05) is 15.1 Å². The molecule has 0 aliphatic rings. The van der Waals surface area contributed by atoms with Crippen molar-refractivity contribution in [3.63, 3.8) is 0 Å². The van der Waals surface area contributed by atoms with E-state index in [2.05, 4.69) is 20.3 Å². The van der Waals surface area contributed by atoms with Crippen molar-refractivity contribution >= 4 is 45.1 Å². The van der Waals surface area contributed by atoms with Crippen LogP contribution in [0.3, 0.4) is 0 Å². The fourth-order valence-corrected chi connectivity index (χ4v) is 2.18. The van der Waals surface area contributed by atoms with Gasteiger partial charge in [-0.3, -0.25) is 0 Å². The monoisotopic (exact) mass is 321 g/mol. The van der Waals surface area contributed by atoms with Crippen molar-refractivity contribution < 1.29 is 4.55 Å². The molecule has 0 aromatic heterocycles. The van der Waals surface area contributed by atoms with Gasteiger partial charge in [0.1, 0.15) is 16.1 Å². The van der Waals surface area contributed by atoms with E-state index in [1.165, 1.54) is 0 Å². The largest absolute Gasteiger partial charge is 0.591 e.